The Morgan fingerprint density at radius 1 is 1.45 bits per heavy atom. The molecule has 0 radical (unpaired) electrons. The number of anilines is 1. The SMILES string of the molecule is Cn1ccnc1CCNS(=O)(=O)c1ccc(Br)cc1N. The van der Waals surface area contributed by atoms with Gasteiger partial charge in [0.15, 0.2) is 0 Å². The van der Waals surface area contributed by atoms with Crippen LogP contribution in [0.5, 0.6) is 0 Å². The van der Waals surface area contributed by atoms with Crippen molar-refractivity contribution in [3.05, 3.63) is 40.9 Å². The first kappa shape index (κ1) is 15.0. The summed E-state index contributed by atoms with van der Waals surface area (Å²) in [5.41, 5.74) is 5.94. The van der Waals surface area contributed by atoms with Gasteiger partial charge in [0.05, 0.1) is 5.69 Å². The molecular formula is C12H15BrN4O2S. The second kappa shape index (κ2) is 5.94. The minimum Gasteiger partial charge on any atom is -0.398 e. The van der Waals surface area contributed by atoms with Crippen LogP contribution in [-0.2, 0) is 23.5 Å². The van der Waals surface area contributed by atoms with Crippen molar-refractivity contribution >= 4 is 31.6 Å². The molecule has 0 aliphatic carbocycles. The van der Waals surface area contributed by atoms with Gasteiger partial charge in [-0.3, -0.25) is 0 Å². The van der Waals surface area contributed by atoms with Crippen LogP contribution in [0, 0.1) is 0 Å². The van der Waals surface area contributed by atoms with Crippen molar-refractivity contribution in [3.63, 3.8) is 0 Å². The molecule has 108 valence electrons. The Hall–Kier alpha value is -1.38. The van der Waals surface area contributed by atoms with Gasteiger partial charge in [0.1, 0.15) is 10.7 Å². The highest BCUT2D eigenvalue weighted by Crippen LogP contribution is 2.22. The van der Waals surface area contributed by atoms with Gasteiger partial charge in [-0.15, -0.1) is 0 Å². The molecule has 6 nitrogen and oxygen atoms in total. The van der Waals surface area contributed by atoms with Crippen LogP contribution in [0.25, 0.3) is 0 Å². The van der Waals surface area contributed by atoms with Crippen LogP contribution >= 0.6 is 15.9 Å². The molecule has 20 heavy (non-hydrogen) atoms. The average molecular weight is 359 g/mol. The molecule has 2 aromatic rings. The van der Waals surface area contributed by atoms with Crippen LogP contribution in [0.1, 0.15) is 5.82 Å². The van der Waals surface area contributed by atoms with Crippen LogP contribution in [0.3, 0.4) is 0 Å². The Balaban J connectivity index is 2.06. The molecule has 0 fully saturated rings. The summed E-state index contributed by atoms with van der Waals surface area (Å²) in [4.78, 5) is 4.22. The second-order valence-corrected chi connectivity index (χ2v) is 6.94. The first-order valence-electron chi connectivity index (χ1n) is 5.91. The molecule has 0 spiro atoms. The Kier molecular flexibility index (Phi) is 4.46. The van der Waals surface area contributed by atoms with Crippen molar-refractivity contribution in [2.75, 3.05) is 12.3 Å². The number of aromatic nitrogens is 2. The Morgan fingerprint density at radius 3 is 2.80 bits per heavy atom. The fourth-order valence-corrected chi connectivity index (χ4v) is 3.30. The largest absolute Gasteiger partial charge is 0.398 e. The summed E-state index contributed by atoms with van der Waals surface area (Å²) in [6.07, 6.45) is 4.01. The van der Waals surface area contributed by atoms with Crippen LogP contribution < -0.4 is 10.5 Å². The van der Waals surface area contributed by atoms with Gasteiger partial charge in [-0.2, -0.15) is 0 Å². The molecule has 3 N–H and O–H groups in total. The van der Waals surface area contributed by atoms with Gasteiger partial charge in [-0.05, 0) is 18.2 Å². The fraction of sp³-hybridized carbons (Fsp3) is 0.250. The maximum Gasteiger partial charge on any atom is 0.242 e. The molecule has 8 heteroatoms. The summed E-state index contributed by atoms with van der Waals surface area (Å²) < 4.78 is 29.4. The number of halogens is 1. The van der Waals surface area contributed by atoms with Crippen LogP contribution in [-0.4, -0.2) is 24.5 Å². The van der Waals surface area contributed by atoms with Crippen LogP contribution in [0.4, 0.5) is 5.69 Å². The number of imidazole rings is 1. The minimum atomic E-state index is -3.61. The van der Waals surface area contributed by atoms with Crippen molar-refractivity contribution in [2.45, 2.75) is 11.3 Å². The lowest BCUT2D eigenvalue weighted by Crippen LogP contribution is -2.27. The third kappa shape index (κ3) is 3.38. The predicted octanol–water partition coefficient (Wildman–Crippen LogP) is 1.29. The van der Waals surface area contributed by atoms with E-state index in [-0.39, 0.29) is 17.1 Å². The zero-order valence-corrected chi connectivity index (χ0v) is 13.3. The van der Waals surface area contributed by atoms with Gasteiger partial charge in [-0.25, -0.2) is 18.1 Å². The number of benzene rings is 1. The molecule has 0 bridgehead atoms. The topological polar surface area (TPSA) is 90.0 Å². The highest BCUT2D eigenvalue weighted by Gasteiger charge is 2.17. The molecule has 0 unspecified atom stereocenters. The third-order valence-electron chi connectivity index (χ3n) is 2.82. The number of nitrogens with two attached hydrogens (primary N) is 1. The summed E-state index contributed by atoms with van der Waals surface area (Å²) in [7, 11) is -1.74. The highest BCUT2D eigenvalue weighted by atomic mass is 79.9. The van der Waals surface area contributed by atoms with E-state index in [1.165, 1.54) is 6.07 Å². The number of sulfonamides is 1. The zero-order chi connectivity index (χ0) is 14.8. The maximum atomic E-state index is 12.1. The molecule has 1 aromatic carbocycles. The van der Waals surface area contributed by atoms with Crippen molar-refractivity contribution in [1.29, 1.82) is 0 Å². The smallest absolute Gasteiger partial charge is 0.242 e. The molecule has 0 atom stereocenters. The van der Waals surface area contributed by atoms with E-state index >= 15 is 0 Å². The molecular weight excluding hydrogens is 344 g/mol. The lowest BCUT2D eigenvalue weighted by molar-refractivity contribution is 0.580. The molecule has 0 amide bonds. The normalized spacial score (nSPS) is 11.7. The molecule has 0 aliphatic heterocycles. The van der Waals surface area contributed by atoms with E-state index in [9.17, 15) is 8.42 Å². The Labute approximate surface area is 126 Å². The van der Waals surface area contributed by atoms with E-state index < -0.39 is 10.0 Å². The van der Waals surface area contributed by atoms with Crippen LogP contribution in [0.15, 0.2) is 40.0 Å². The van der Waals surface area contributed by atoms with E-state index in [1.807, 2.05) is 17.8 Å². The van der Waals surface area contributed by atoms with Crippen molar-refractivity contribution in [1.82, 2.24) is 14.3 Å². The Bertz CT molecular complexity index is 712. The van der Waals surface area contributed by atoms with E-state index in [0.717, 1.165) is 10.3 Å². The summed E-state index contributed by atoms with van der Waals surface area (Å²) in [6, 6.07) is 4.68. The van der Waals surface area contributed by atoms with E-state index in [0.29, 0.717) is 6.42 Å². The second-order valence-electron chi connectivity index (χ2n) is 4.28. The molecule has 0 saturated heterocycles. The van der Waals surface area contributed by atoms with E-state index in [2.05, 4.69) is 25.6 Å². The molecule has 0 aliphatic rings. The van der Waals surface area contributed by atoms with E-state index in [4.69, 9.17) is 5.73 Å². The monoisotopic (exact) mass is 358 g/mol. The summed E-state index contributed by atoms with van der Waals surface area (Å²) >= 11 is 3.24. The lowest BCUT2D eigenvalue weighted by Gasteiger charge is -2.09. The molecule has 1 aromatic heterocycles. The summed E-state index contributed by atoms with van der Waals surface area (Å²) in [5.74, 6) is 0.816. The standard InChI is InChI=1S/C12H15BrN4O2S/c1-17-7-6-15-12(17)4-5-16-20(18,19)11-3-2-9(13)8-10(11)14/h2-3,6-8,16H,4-5,14H2,1H3. The summed E-state index contributed by atoms with van der Waals surface area (Å²) in [6.45, 7) is 0.267. The quantitative estimate of drug-likeness (QED) is 0.787. The first-order chi connectivity index (χ1) is 9.40. The van der Waals surface area contributed by atoms with Gasteiger partial charge in [-0.1, -0.05) is 15.9 Å². The summed E-state index contributed by atoms with van der Waals surface area (Å²) in [5, 5.41) is 0. The van der Waals surface area contributed by atoms with Crippen molar-refractivity contribution < 1.29 is 8.42 Å². The number of nitrogens with one attached hydrogen (secondary N) is 1. The van der Waals surface area contributed by atoms with Crippen molar-refractivity contribution in [3.8, 4) is 0 Å². The van der Waals surface area contributed by atoms with Gasteiger partial charge in [0, 0.05) is 36.9 Å². The predicted molar refractivity (Wildman–Crippen MR) is 80.7 cm³/mol. The number of rotatable bonds is 5. The van der Waals surface area contributed by atoms with Gasteiger partial charge < -0.3 is 10.3 Å². The highest BCUT2D eigenvalue weighted by molar-refractivity contribution is 9.10. The maximum absolute atomic E-state index is 12.1. The van der Waals surface area contributed by atoms with Crippen LogP contribution in [0.2, 0.25) is 0 Å². The third-order valence-corrected chi connectivity index (χ3v) is 4.85. The molecule has 0 saturated carbocycles. The molecule has 2 rings (SSSR count). The average Bonchev–Trinajstić information content (AvgIpc) is 2.74. The fourth-order valence-electron chi connectivity index (χ4n) is 1.78. The minimum absolute atomic E-state index is 0.0838. The molecule has 1 heterocycles. The Morgan fingerprint density at radius 2 is 2.20 bits per heavy atom. The number of aryl methyl sites for hydroxylation is 1. The van der Waals surface area contributed by atoms with Crippen molar-refractivity contribution in [2.24, 2.45) is 7.05 Å². The van der Waals surface area contributed by atoms with E-state index in [1.54, 1.807) is 18.3 Å². The van der Waals surface area contributed by atoms with Gasteiger partial charge >= 0.3 is 0 Å². The van der Waals surface area contributed by atoms with Gasteiger partial charge in [0.2, 0.25) is 10.0 Å². The number of nitrogens with zero attached hydrogens (tertiary/aromatic N) is 2. The first-order valence-corrected chi connectivity index (χ1v) is 8.18. The number of hydrogen-bond donors (Lipinski definition) is 2. The number of nitrogen functional groups attached to an aromatic ring is 1. The zero-order valence-electron chi connectivity index (χ0n) is 10.9. The van der Waals surface area contributed by atoms with Gasteiger partial charge in [0.25, 0.3) is 0 Å². The number of hydrogen-bond acceptors (Lipinski definition) is 4. The lowest BCUT2D eigenvalue weighted by atomic mass is 10.3.